The van der Waals surface area contributed by atoms with Crippen LogP contribution in [0.2, 0.25) is 0 Å². The fraction of sp³-hybridized carbons (Fsp3) is 0.423. The molecule has 3 aromatic rings. The third-order valence-corrected chi connectivity index (χ3v) is 5.56. The summed E-state index contributed by atoms with van der Waals surface area (Å²) < 4.78 is 5.44. The molecule has 0 bridgehead atoms. The molecule has 1 unspecified atom stereocenters. The molecule has 0 aliphatic rings. The Balaban J connectivity index is 2.00. The van der Waals surface area contributed by atoms with E-state index in [-0.39, 0.29) is 0 Å². The van der Waals surface area contributed by atoms with Gasteiger partial charge in [0.15, 0.2) is 0 Å². The lowest BCUT2D eigenvalue weighted by Gasteiger charge is -2.26. The number of hydrogen-bond acceptors (Lipinski definition) is 4. The summed E-state index contributed by atoms with van der Waals surface area (Å²) >= 11 is 0. The molecule has 30 heavy (non-hydrogen) atoms. The molecule has 0 fully saturated rings. The Kier molecular flexibility index (Phi) is 8.23. The molecule has 1 atom stereocenters. The number of aliphatic hydroxyl groups excluding tert-OH is 1. The summed E-state index contributed by atoms with van der Waals surface area (Å²) in [5.41, 5.74) is 3.73. The predicted molar refractivity (Wildman–Crippen MR) is 125 cm³/mol. The van der Waals surface area contributed by atoms with Crippen LogP contribution in [0.4, 0.5) is 0 Å². The summed E-state index contributed by atoms with van der Waals surface area (Å²) in [6, 6.07) is 18.1. The smallest absolute Gasteiger partial charge is 0.119 e. The van der Waals surface area contributed by atoms with E-state index < -0.39 is 6.10 Å². The molecule has 4 nitrogen and oxygen atoms in total. The summed E-state index contributed by atoms with van der Waals surface area (Å²) in [6.07, 6.45) is 4.03. The summed E-state index contributed by atoms with van der Waals surface area (Å²) in [5.74, 6) is 0.777. The lowest BCUT2D eigenvalue weighted by molar-refractivity contribution is 0.112. The van der Waals surface area contributed by atoms with E-state index in [0.29, 0.717) is 6.54 Å². The molecule has 0 saturated heterocycles. The quantitative estimate of drug-likeness (QED) is 0.434. The lowest BCUT2D eigenvalue weighted by atomic mass is 9.99. The molecular weight excluding hydrogens is 372 g/mol. The number of aliphatic hydroxyl groups is 1. The van der Waals surface area contributed by atoms with Crippen molar-refractivity contribution >= 4 is 10.9 Å². The summed E-state index contributed by atoms with van der Waals surface area (Å²) in [7, 11) is 1.67. The van der Waals surface area contributed by atoms with Crippen molar-refractivity contribution in [3.05, 3.63) is 60.2 Å². The van der Waals surface area contributed by atoms with Crippen LogP contribution >= 0.6 is 0 Å². The molecule has 0 spiro atoms. The van der Waals surface area contributed by atoms with E-state index in [1.807, 2.05) is 42.5 Å². The molecule has 2 aromatic carbocycles. The third kappa shape index (κ3) is 5.59. The van der Waals surface area contributed by atoms with Crippen LogP contribution < -0.4 is 4.74 Å². The highest BCUT2D eigenvalue weighted by atomic mass is 16.5. The van der Waals surface area contributed by atoms with Crippen molar-refractivity contribution in [1.82, 2.24) is 9.88 Å². The zero-order valence-electron chi connectivity index (χ0n) is 18.5. The van der Waals surface area contributed by atoms with Gasteiger partial charge in [0.2, 0.25) is 0 Å². The number of ether oxygens (including phenoxy) is 1. The largest absolute Gasteiger partial charge is 0.497 e. The summed E-state index contributed by atoms with van der Waals surface area (Å²) in [6.45, 7) is 7.09. The number of rotatable bonds is 11. The second-order valence-corrected chi connectivity index (χ2v) is 7.87. The highest BCUT2D eigenvalue weighted by Crippen LogP contribution is 2.31. The summed E-state index contributed by atoms with van der Waals surface area (Å²) in [4.78, 5) is 7.26. The Bertz CT molecular complexity index is 919. The Morgan fingerprint density at radius 1 is 0.967 bits per heavy atom. The Morgan fingerprint density at radius 3 is 2.30 bits per heavy atom. The van der Waals surface area contributed by atoms with Gasteiger partial charge in [0, 0.05) is 17.5 Å². The van der Waals surface area contributed by atoms with E-state index in [0.717, 1.165) is 72.2 Å². The maximum atomic E-state index is 11.3. The minimum absolute atomic E-state index is 0.584. The molecule has 1 N–H and O–H groups in total. The van der Waals surface area contributed by atoms with Crippen molar-refractivity contribution < 1.29 is 9.84 Å². The average molecular weight is 407 g/mol. The first-order valence-corrected chi connectivity index (χ1v) is 11.1. The predicted octanol–water partition coefficient (Wildman–Crippen LogP) is 5.85. The molecule has 0 radical (unpaired) electrons. The van der Waals surface area contributed by atoms with Gasteiger partial charge in [-0.15, -0.1) is 0 Å². The van der Waals surface area contributed by atoms with Crippen LogP contribution in [0.15, 0.2) is 54.6 Å². The molecule has 0 aliphatic heterocycles. The second-order valence-electron chi connectivity index (χ2n) is 7.87. The van der Waals surface area contributed by atoms with Crippen molar-refractivity contribution in [2.75, 3.05) is 26.7 Å². The van der Waals surface area contributed by atoms with E-state index in [1.165, 1.54) is 0 Å². The van der Waals surface area contributed by atoms with Crippen molar-refractivity contribution in [3.63, 3.8) is 0 Å². The van der Waals surface area contributed by atoms with E-state index in [4.69, 9.17) is 9.72 Å². The van der Waals surface area contributed by atoms with Crippen LogP contribution in [-0.4, -0.2) is 41.7 Å². The molecule has 1 heterocycles. The van der Waals surface area contributed by atoms with Crippen molar-refractivity contribution in [1.29, 1.82) is 0 Å². The fourth-order valence-electron chi connectivity index (χ4n) is 3.79. The maximum absolute atomic E-state index is 11.3. The Hall–Kier alpha value is -2.43. The maximum Gasteiger partial charge on any atom is 0.119 e. The van der Waals surface area contributed by atoms with Crippen LogP contribution in [0, 0.1) is 0 Å². The zero-order valence-corrected chi connectivity index (χ0v) is 18.5. The minimum atomic E-state index is -0.584. The lowest BCUT2D eigenvalue weighted by Crippen LogP contribution is -2.31. The van der Waals surface area contributed by atoms with E-state index >= 15 is 0 Å². The topological polar surface area (TPSA) is 45.6 Å². The van der Waals surface area contributed by atoms with Crippen LogP contribution in [0.25, 0.3) is 22.2 Å². The summed E-state index contributed by atoms with van der Waals surface area (Å²) in [5, 5.41) is 12.3. The van der Waals surface area contributed by atoms with Gasteiger partial charge in [-0.2, -0.15) is 0 Å². The first kappa shape index (κ1) is 22.3. The Labute approximate surface area is 180 Å². The normalized spacial score (nSPS) is 12.4. The molecule has 0 saturated carbocycles. The monoisotopic (exact) mass is 406 g/mol. The van der Waals surface area contributed by atoms with Gasteiger partial charge < -0.3 is 14.7 Å². The first-order valence-electron chi connectivity index (χ1n) is 11.1. The molecule has 0 amide bonds. The van der Waals surface area contributed by atoms with Crippen LogP contribution in [0.1, 0.15) is 51.2 Å². The number of aromatic nitrogens is 1. The van der Waals surface area contributed by atoms with Gasteiger partial charge in [0.25, 0.3) is 0 Å². The number of unbranched alkanes of at least 4 members (excludes halogenated alkanes) is 2. The number of nitrogens with zero attached hydrogens (tertiary/aromatic N) is 2. The average Bonchev–Trinajstić information content (AvgIpc) is 2.80. The zero-order chi connectivity index (χ0) is 21.3. The van der Waals surface area contributed by atoms with Crippen molar-refractivity contribution in [2.24, 2.45) is 0 Å². The molecule has 1 aromatic heterocycles. The van der Waals surface area contributed by atoms with Gasteiger partial charge in [-0.1, -0.05) is 57.0 Å². The third-order valence-electron chi connectivity index (χ3n) is 5.56. The van der Waals surface area contributed by atoms with Gasteiger partial charge >= 0.3 is 0 Å². The van der Waals surface area contributed by atoms with Crippen LogP contribution in [-0.2, 0) is 0 Å². The van der Waals surface area contributed by atoms with Crippen molar-refractivity contribution in [3.8, 4) is 17.0 Å². The van der Waals surface area contributed by atoms with E-state index in [9.17, 15) is 5.11 Å². The molecular formula is C26H34N2O2. The van der Waals surface area contributed by atoms with Gasteiger partial charge in [-0.05, 0) is 55.8 Å². The van der Waals surface area contributed by atoms with Gasteiger partial charge in [-0.25, -0.2) is 4.98 Å². The standard InChI is InChI=1S/C26H34N2O2/c1-4-6-15-28(16-7-5-2)19-26(29)23-18-25(20-11-9-8-10-12-20)27-24-14-13-21(30-3)17-22(23)24/h8-14,17-18,26,29H,4-7,15-16,19H2,1-3H3. The number of fused-ring (bicyclic) bond motifs is 1. The van der Waals surface area contributed by atoms with Crippen LogP contribution in [0.5, 0.6) is 5.75 Å². The fourth-order valence-corrected chi connectivity index (χ4v) is 3.79. The SMILES string of the molecule is CCCCN(CCCC)CC(O)c1cc(-c2ccccc2)nc2ccc(OC)cc12. The highest BCUT2D eigenvalue weighted by Gasteiger charge is 2.18. The number of hydrogen-bond donors (Lipinski definition) is 1. The van der Waals surface area contributed by atoms with Crippen LogP contribution in [0.3, 0.4) is 0 Å². The first-order chi connectivity index (χ1) is 14.7. The molecule has 0 aliphatic carbocycles. The van der Waals surface area contributed by atoms with Gasteiger partial charge in [0.05, 0.1) is 24.4 Å². The molecule has 3 rings (SSSR count). The van der Waals surface area contributed by atoms with Gasteiger partial charge in [0.1, 0.15) is 5.75 Å². The Morgan fingerprint density at radius 2 is 1.67 bits per heavy atom. The van der Waals surface area contributed by atoms with Crippen molar-refractivity contribution in [2.45, 2.75) is 45.6 Å². The number of methoxy groups -OCH3 is 1. The number of pyridine rings is 1. The number of benzene rings is 2. The minimum Gasteiger partial charge on any atom is -0.497 e. The van der Waals surface area contributed by atoms with E-state index in [2.05, 4.69) is 30.9 Å². The molecule has 160 valence electrons. The van der Waals surface area contributed by atoms with Gasteiger partial charge in [-0.3, -0.25) is 0 Å². The second kappa shape index (κ2) is 11.1. The molecule has 4 heteroatoms. The highest BCUT2D eigenvalue weighted by molar-refractivity contribution is 5.86. The van der Waals surface area contributed by atoms with E-state index in [1.54, 1.807) is 7.11 Å².